The van der Waals surface area contributed by atoms with Crippen molar-refractivity contribution in [3.8, 4) is 40.7 Å². The van der Waals surface area contributed by atoms with Crippen molar-refractivity contribution >= 4 is 71.2 Å². The summed E-state index contributed by atoms with van der Waals surface area (Å²) in [4.78, 5) is 3.86. The van der Waals surface area contributed by atoms with Crippen LogP contribution >= 0.6 is 0 Å². The summed E-state index contributed by atoms with van der Waals surface area (Å²) in [6, 6.07) is 50.0. The first-order valence-electron chi connectivity index (χ1n) is 16.9. The Kier molecular flexibility index (Phi) is 6.30. The molecule has 0 aliphatic rings. The molecule has 0 saturated heterocycles. The molecule has 0 bridgehead atoms. The van der Waals surface area contributed by atoms with Crippen molar-refractivity contribution in [3.63, 3.8) is 0 Å². The molecule has 10 rings (SSSR count). The maximum absolute atomic E-state index is 11.0. The van der Waals surface area contributed by atoms with Gasteiger partial charge in [-0.15, -0.1) is 0 Å². The second-order valence-electron chi connectivity index (χ2n) is 12.9. The summed E-state index contributed by atoms with van der Waals surface area (Å²) in [6.45, 7) is 8.22. The Balaban J connectivity index is 1.34. The fourth-order valence-corrected chi connectivity index (χ4v) is 8.11. The Morgan fingerprint density at radius 3 is 1.83 bits per heavy atom. The molecule has 0 N–H and O–H groups in total. The van der Waals surface area contributed by atoms with Crippen LogP contribution < -0.4 is 0 Å². The first-order chi connectivity index (χ1) is 26.1. The van der Waals surface area contributed by atoms with Gasteiger partial charge in [-0.3, -0.25) is 0 Å². The van der Waals surface area contributed by atoms with Crippen molar-refractivity contribution in [2.75, 3.05) is 0 Å². The number of furan rings is 1. The quantitative estimate of drug-likeness (QED) is 0.174. The van der Waals surface area contributed by atoms with Gasteiger partial charge in [0.15, 0.2) is 0 Å². The van der Waals surface area contributed by atoms with Crippen molar-refractivity contribution in [2.45, 2.75) is 0 Å². The van der Waals surface area contributed by atoms with Gasteiger partial charge in [0.25, 0.3) is 0 Å². The van der Waals surface area contributed by atoms with Gasteiger partial charge in [-0.1, -0.05) is 72.8 Å². The maximum atomic E-state index is 11.0. The molecule has 7 heteroatoms. The normalized spacial score (nSPS) is 11.3. The van der Waals surface area contributed by atoms with E-state index in [0.29, 0.717) is 28.1 Å². The van der Waals surface area contributed by atoms with Crippen LogP contribution in [-0.2, 0) is 0 Å². The van der Waals surface area contributed by atoms with Crippen LogP contribution in [0.1, 0.15) is 16.7 Å². The highest BCUT2D eigenvalue weighted by atomic mass is 16.3. The second kappa shape index (κ2) is 11.2. The average Bonchev–Trinajstić information content (AvgIpc) is 3.87. The van der Waals surface area contributed by atoms with Crippen LogP contribution in [0.4, 0.5) is 5.69 Å². The summed E-state index contributed by atoms with van der Waals surface area (Å²) in [5.74, 6) is 0. The summed E-state index contributed by atoms with van der Waals surface area (Å²) >= 11 is 0. The van der Waals surface area contributed by atoms with Gasteiger partial charge in [0, 0.05) is 38.2 Å². The van der Waals surface area contributed by atoms with E-state index in [-0.39, 0.29) is 16.8 Å². The molecule has 0 fully saturated rings. The Hall–Kier alpha value is -8.10. The lowest BCUT2D eigenvalue weighted by Crippen LogP contribution is -2.03. The lowest BCUT2D eigenvalue weighted by molar-refractivity contribution is 0.669. The molecule has 0 aliphatic carbocycles. The Morgan fingerprint density at radius 1 is 0.566 bits per heavy atom. The second-order valence-corrected chi connectivity index (χ2v) is 12.9. The fourth-order valence-electron chi connectivity index (χ4n) is 8.11. The molecule has 7 aromatic carbocycles. The molecule has 7 nitrogen and oxygen atoms in total. The first kappa shape index (κ1) is 29.8. The monoisotopic (exact) mass is 674 g/mol. The highest BCUT2D eigenvalue weighted by molar-refractivity contribution is 6.24. The number of benzene rings is 7. The zero-order chi connectivity index (χ0) is 35.8. The summed E-state index contributed by atoms with van der Waals surface area (Å²) in [5.41, 5.74) is 7.85. The standard InChI is InChI=1S/C46H22N6O/c1-50-37-23-29(25-48)43(36(26-49)45(37)52-39-15-7-2-10-31(39)32-11-3-8-16-40(32)52)28-20-27(24-47)21-30(22-28)51-38-14-6-4-12-33(38)34-18-19-42-44(46(34)51)35-13-5-9-17-41(35)53-42/h2-23H. The minimum atomic E-state index is 0.170. The van der Waals surface area contributed by atoms with E-state index >= 15 is 0 Å². The smallest absolute Gasteiger partial charge is 0.213 e. The van der Waals surface area contributed by atoms with Crippen LogP contribution in [0, 0.1) is 40.6 Å². The van der Waals surface area contributed by atoms with Crippen molar-refractivity contribution < 1.29 is 4.42 Å². The average molecular weight is 675 g/mol. The molecule has 53 heavy (non-hydrogen) atoms. The van der Waals surface area contributed by atoms with Gasteiger partial charge in [-0.2, -0.15) is 15.8 Å². The van der Waals surface area contributed by atoms with Gasteiger partial charge in [-0.25, -0.2) is 4.85 Å². The molecule has 0 unspecified atom stereocenters. The molecule has 3 aromatic heterocycles. The van der Waals surface area contributed by atoms with Crippen LogP contribution in [0.15, 0.2) is 138 Å². The summed E-state index contributed by atoms with van der Waals surface area (Å²) < 4.78 is 10.4. The van der Waals surface area contributed by atoms with Crippen molar-refractivity contribution in [1.82, 2.24) is 9.13 Å². The van der Waals surface area contributed by atoms with E-state index in [0.717, 1.165) is 65.6 Å². The van der Waals surface area contributed by atoms with Gasteiger partial charge >= 0.3 is 0 Å². The third-order valence-corrected chi connectivity index (χ3v) is 10.2. The van der Waals surface area contributed by atoms with Crippen LogP contribution in [-0.4, -0.2) is 9.13 Å². The number of nitriles is 3. The van der Waals surface area contributed by atoms with Crippen LogP contribution in [0.5, 0.6) is 0 Å². The van der Waals surface area contributed by atoms with E-state index in [1.54, 1.807) is 12.1 Å². The molecule has 0 spiro atoms. The molecule has 10 aromatic rings. The number of nitrogens with zero attached hydrogens (tertiary/aromatic N) is 6. The zero-order valence-corrected chi connectivity index (χ0v) is 27.8. The predicted molar refractivity (Wildman–Crippen MR) is 208 cm³/mol. The topological polar surface area (TPSA) is 98.7 Å². The molecule has 0 aliphatic heterocycles. The Labute approximate surface area is 302 Å². The lowest BCUT2D eigenvalue weighted by Gasteiger charge is -2.18. The zero-order valence-electron chi connectivity index (χ0n) is 27.8. The molecule has 0 saturated carbocycles. The fraction of sp³-hybridized carbons (Fsp3) is 0. The first-order valence-corrected chi connectivity index (χ1v) is 16.9. The molecule has 242 valence electrons. The van der Waals surface area contributed by atoms with Gasteiger partial charge in [0.2, 0.25) is 5.69 Å². The van der Waals surface area contributed by atoms with Gasteiger partial charge in [0.1, 0.15) is 17.2 Å². The third-order valence-electron chi connectivity index (χ3n) is 10.2. The van der Waals surface area contributed by atoms with Gasteiger partial charge in [-0.05, 0) is 66.2 Å². The highest BCUT2D eigenvalue weighted by Crippen LogP contribution is 2.45. The van der Waals surface area contributed by atoms with E-state index in [1.807, 2.05) is 108 Å². The van der Waals surface area contributed by atoms with E-state index in [4.69, 9.17) is 11.0 Å². The molecule has 0 amide bonds. The summed E-state index contributed by atoms with van der Waals surface area (Å²) in [7, 11) is 0. The number of rotatable bonds is 3. The lowest BCUT2D eigenvalue weighted by atomic mass is 9.91. The minimum absolute atomic E-state index is 0.170. The summed E-state index contributed by atoms with van der Waals surface area (Å²) in [6.07, 6.45) is 0. The van der Waals surface area contributed by atoms with E-state index in [2.05, 4.69) is 45.8 Å². The van der Waals surface area contributed by atoms with Gasteiger partial charge in [0.05, 0.1) is 68.5 Å². The molecular formula is C46H22N6O. The van der Waals surface area contributed by atoms with Crippen molar-refractivity contribution in [1.29, 1.82) is 15.8 Å². The number of hydrogen-bond donors (Lipinski definition) is 0. The summed E-state index contributed by atoms with van der Waals surface area (Å²) in [5, 5.41) is 38.0. The Morgan fingerprint density at radius 2 is 1.19 bits per heavy atom. The van der Waals surface area contributed by atoms with Crippen molar-refractivity contribution in [2.24, 2.45) is 0 Å². The number of para-hydroxylation sites is 4. The third kappa shape index (κ3) is 4.11. The number of hydrogen-bond acceptors (Lipinski definition) is 4. The van der Waals surface area contributed by atoms with Crippen LogP contribution in [0.2, 0.25) is 0 Å². The van der Waals surface area contributed by atoms with Crippen LogP contribution in [0.3, 0.4) is 0 Å². The predicted octanol–water partition coefficient (Wildman–Crippen LogP) is 11.6. The molecule has 3 heterocycles. The van der Waals surface area contributed by atoms with Crippen LogP contribution in [0.25, 0.3) is 92.9 Å². The highest BCUT2D eigenvalue weighted by Gasteiger charge is 2.26. The number of fused-ring (bicyclic) bond motifs is 10. The molecular weight excluding hydrogens is 653 g/mol. The molecule has 0 atom stereocenters. The van der Waals surface area contributed by atoms with E-state index in [9.17, 15) is 15.8 Å². The molecule has 0 radical (unpaired) electrons. The van der Waals surface area contributed by atoms with E-state index in [1.165, 1.54) is 0 Å². The van der Waals surface area contributed by atoms with Crippen molar-refractivity contribution in [3.05, 3.63) is 162 Å². The SMILES string of the molecule is [C-]#[N+]c1cc(C#N)c(-c2cc(C#N)cc(-n3c4ccccc4c4ccc5oc6ccccc6c5c43)c2)c(C#N)c1-n1c2ccccc2c2ccccc21. The van der Waals surface area contributed by atoms with E-state index < -0.39 is 0 Å². The van der Waals surface area contributed by atoms with Gasteiger partial charge < -0.3 is 13.6 Å². The maximum Gasteiger partial charge on any atom is 0.213 e. The Bertz CT molecular complexity index is 3350. The largest absolute Gasteiger partial charge is 0.456 e. The minimum Gasteiger partial charge on any atom is -0.456 e. The number of aromatic nitrogens is 2.